The number of alkyl halides is 6. The van der Waals surface area contributed by atoms with Crippen molar-refractivity contribution in [2.45, 2.75) is 71.1 Å². The molecule has 0 bridgehead atoms. The monoisotopic (exact) mass is 528 g/mol. The number of allylic oxidation sites excluding steroid dienone is 2. The van der Waals surface area contributed by atoms with Crippen LogP contribution in [-0.4, -0.2) is 11.8 Å². The molecule has 6 atom stereocenters. The molecule has 1 unspecified atom stereocenters. The van der Waals surface area contributed by atoms with E-state index < -0.39 is 46.4 Å². The van der Waals surface area contributed by atoms with Crippen LogP contribution in [0.25, 0.3) is 0 Å². The van der Waals surface area contributed by atoms with Crippen LogP contribution in [0.3, 0.4) is 0 Å². The van der Waals surface area contributed by atoms with Gasteiger partial charge in [0.15, 0.2) is 0 Å². The smallest absolute Gasteiger partial charge is 0.330 e. The van der Waals surface area contributed by atoms with Crippen LogP contribution < -0.4 is 10.6 Å². The molecule has 4 nitrogen and oxygen atoms in total. The molecule has 1 aromatic carbocycles. The summed E-state index contributed by atoms with van der Waals surface area (Å²) < 4.78 is 80.4. The molecule has 2 amide bonds. The first kappa shape index (κ1) is 26.1. The highest BCUT2D eigenvalue weighted by Crippen LogP contribution is 2.65. The van der Waals surface area contributed by atoms with Crippen molar-refractivity contribution >= 4 is 17.5 Å². The predicted molar refractivity (Wildman–Crippen MR) is 124 cm³/mol. The van der Waals surface area contributed by atoms with Crippen LogP contribution in [-0.2, 0) is 21.9 Å². The lowest BCUT2D eigenvalue weighted by Gasteiger charge is -2.57. The average molecular weight is 529 g/mol. The quantitative estimate of drug-likeness (QED) is 0.409. The Hall–Kier alpha value is -2.52. The summed E-state index contributed by atoms with van der Waals surface area (Å²) in [6.07, 6.45) is -2.95. The number of hydrogen-bond acceptors (Lipinski definition) is 2. The van der Waals surface area contributed by atoms with E-state index >= 15 is 0 Å². The Bertz CT molecular complexity index is 1160. The molecule has 10 heteroatoms. The molecule has 0 radical (unpaired) electrons. The third-order valence-electron chi connectivity index (χ3n) is 9.84. The zero-order chi connectivity index (χ0) is 27.0. The van der Waals surface area contributed by atoms with Crippen LogP contribution in [0.5, 0.6) is 0 Å². The van der Waals surface area contributed by atoms with E-state index in [0.29, 0.717) is 43.4 Å². The van der Waals surface area contributed by atoms with E-state index in [1.54, 1.807) is 0 Å². The number of anilines is 1. The molecule has 1 aliphatic heterocycles. The van der Waals surface area contributed by atoms with E-state index in [-0.39, 0.29) is 23.2 Å². The van der Waals surface area contributed by atoms with E-state index in [4.69, 9.17) is 0 Å². The molecule has 1 aromatic rings. The second-order valence-corrected chi connectivity index (χ2v) is 11.6. The van der Waals surface area contributed by atoms with Crippen LogP contribution in [0.2, 0.25) is 0 Å². The molecule has 202 valence electrons. The van der Waals surface area contributed by atoms with Crippen molar-refractivity contribution in [3.8, 4) is 0 Å². The maximum Gasteiger partial charge on any atom is 0.418 e. The van der Waals surface area contributed by atoms with Crippen molar-refractivity contribution in [2.24, 2.45) is 34.5 Å². The lowest BCUT2D eigenvalue weighted by molar-refractivity contribution is -0.141. The average Bonchev–Trinajstić information content (AvgIpc) is 3.15. The van der Waals surface area contributed by atoms with Crippen LogP contribution in [0, 0.1) is 34.5 Å². The number of rotatable bonds is 2. The first-order valence-corrected chi connectivity index (χ1v) is 12.7. The van der Waals surface area contributed by atoms with E-state index in [9.17, 15) is 35.9 Å². The van der Waals surface area contributed by atoms with Crippen LogP contribution in [0.1, 0.15) is 69.9 Å². The van der Waals surface area contributed by atoms with Gasteiger partial charge in [-0.3, -0.25) is 9.59 Å². The molecule has 1 heterocycles. The number of carbonyl (C=O) groups is 2. The molecule has 4 aliphatic rings. The summed E-state index contributed by atoms with van der Waals surface area (Å²) in [5.41, 5.74) is -3.05. The van der Waals surface area contributed by atoms with Gasteiger partial charge in [-0.15, -0.1) is 0 Å². The topological polar surface area (TPSA) is 58.2 Å². The van der Waals surface area contributed by atoms with Crippen molar-refractivity contribution in [1.82, 2.24) is 5.32 Å². The molecule has 0 spiro atoms. The van der Waals surface area contributed by atoms with Crippen molar-refractivity contribution in [3.05, 3.63) is 41.1 Å². The zero-order valence-corrected chi connectivity index (χ0v) is 20.7. The fourth-order valence-electron chi connectivity index (χ4n) is 7.92. The van der Waals surface area contributed by atoms with Crippen LogP contribution >= 0.6 is 0 Å². The van der Waals surface area contributed by atoms with Gasteiger partial charge < -0.3 is 10.6 Å². The van der Waals surface area contributed by atoms with Crippen molar-refractivity contribution in [3.63, 3.8) is 0 Å². The van der Waals surface area contributed by atoms with E-state index in [1.807, 2.05) is 6.92 Å². The first-order chi connectivity index (χ1) is 17.1. The standard InChI is InChI=1S/C27H30F6N2O2/c1-24-11-9-17-15(4-8-21-25(17,2)12-10-22(36)35-21)16(24)6-7-19(24)23(37)34-20-13-14(26(28,29)30)3-5-18(20)27(31,32)33/h3,5,8,13,15-17,19H,4,6-7,9-12H2,1-2H3,(H,34,37)(H,35,36)/t15-,16-,17+,19?,24-,25+/m0/s1. The molecule has 1 saturated heterocycles. The Morgan fingerprint density at radius 1 is 1.00 bits per heavy atom. The molecule has 5 rings (SSSR count). The summed E-state index contributed by atoms with van der Waals surface area (Å²) >= 11 is 0. The van der Waals surface area contributed by atoms with E-state index in [0.717, 1.165) is 31.4 Å². The normalized spacial score (nSPS) is 35.6. The minimum Gasteiger partial charge on any atom is -0.330 e. The number of carbonyl (C=O) groups excluding carboxylic acids is 2. The van der Waals surface area contributed by atoms with Gasteiger partial charge in [-0.1, -0.05) is 19.9 Å². The molecule has 2 N–H and O–H groups in total. The van der Waals surface area contributed by atoms with Gasteiger partial charge in [-0.25, -0.2) is 0 Å². The number of amides is 2. The number of hydrogen-bond donors (Lipinski definition) is 2. The first-order valence-electron chi connectivity index (χ1n) is 12.7. The molecule has 37 heavy (non-hydrogen) atoms. The summed E-state index contributed by atoms with van der Waals surface area (Å²) in [6, 6.07) is 1.13. The summed E-state index contributed by atoms with van der Waals surface area (Å²) in [5, 5.41) is 5.28. The maximum atomic E-state index is 13.6. The predicted octanol–water partition coefficient (Wildman–Crippen LogP) is 6.93. The van der Waals surface area contributed by atoms with E-state index in [2.05, 4.69) is 23.6 Å². The Labute approximate surface area is 211 Å². The number of fused-ring (bicyclic) bond motifs is 5. The van der Waals surface area contributed by atoms with Gasteiger partial charge in [0, 0.05) is 23.5 Å². The highest BCUT2D eigenvalue weighted by molar-refractivity contribution is 5.94. The Morgan fingerprint density at radius 3 is 2.41 bits per heavy atom. The molecule has 2 saturated carbocycles. The molecule has 0 aromatic heterocycles. The zero-order valence-electron chi connectivity index (χ0n) is 20.7. The van der Waals surface area contributed by atoms with Crippen LogP contribution in [0.15, 0.2) is 30.0 Å². The number of piperidine rings is 1. The van der Waals surface area contributed by atoms with Gasteiger partial charge in [0.2, 0.25) is 11.8 Å². The summed E-state index contributed by atoms with van der Waals surface area (Å²) in [5.74, 6) is -0.464. The summed E-state index contributed by atoms with van der Waals surface area (Å²) in [6.45, 7) is 4.19. The second-order valence-electron chi connectivity index (χ2n) is 11.6. The number of halogens is 6. The third kappa shape index (κ3) is 4.24. The van der Waals surface area contributed by atoms with Gasteiger partial charge in [0.1, 0.15) is 0 Å². The number of benzene rings is 1. The minimum atomic E-state index is -4.91. The molecule has 3 fully saturated rings. The van der Waals surface area contributed by atoms with Gasteiger partial charge in [0.25, 0.3) is 0 Å². The van der Waals surface area contributed by atoms with Gasteiger partial charge >= 0.3 is 12.4 Å². The lowest BCUT2D eigenvalue weighted by atomic mass is 9.49. The SMILES string of the molecule is C[C@]12CCC(=O)NC1=CC[C@@H]1[C@H]2CC[C@]2(C)C(C(=O)Nc3cc(C(F)(F)F)ccc3C(F)(F)F)CC[C@@H]12. The Kier molecular flexibility index (Phi) is 5.99. The fourth-order valence-corrected chi connectivity index (χ4v) is 7.92. The third-order valence-corrected chi connectivity index (χ3v) is 9.84. The lowest BCUT2D eigenvalue weighted by Crippen LogP contribution is -2.53. The van der Waals surface area contributed by atoms with Gasteiger partial charge in [-0.2, -0.15) is 26.3 Å². The van der Waals surface area contributed by atoms with Crippen molar-refractivity contribution < 1.29 is 35.9 Å². The Morgan fingerprint density at radius 2 is 1.73 bits per heavy atom. The maximum absolute atomic E-state index is 13.6. The Balaban J connectivity index is 1.40. The highest BCUT2D eigenvalue weighted by Gasteiger charge is 2.60. The highest BCUT2D eigenvalue weighted by atomic mass is 19.4. The fraction of sp³-hybridized carbons (Fsp3) is 0.630. The van der Waals surface area contributed by atoms with Crippen LogP contribution in [0.4, 0.5) is 32.0 Å². The second kappa shape index (κ2) is 8.50. The summed E-state index contributed by atoms with van der Waals surface area (Å²) in [7, 11) is 0. The van der Waals surface area contributed by atoms with Gasteiger partial charge in [0.05, 0.1) is 16.8 Å². The molecular weight excluding hydrogens is 498 g/mol. The molecule has 3 aliphatic carbocycles. The van der Waals surface area contributed by atoms with Crippen molar-refractivity contribution in [2.75, 3.05) is 5.32 Å². The summed E-state index contributed by atoms with van der Waals surface area (Å²) in [4.78, 5) is 25.3. The van der Waals surface area contributed by atoms with Crippen molar-refractivity contribution in [1.29, 1.82) is 0 Å². The number of nitrogens with one attached hydrogen (secondary N) is 2. The molecular formula is C27H30F6N2O2. The largest absolute Gasteiger partial charge is 0.418 e. The minimum absolute atomic E-state index is 0.0215. The van der Waals surface area contributed by atoms with Gasteiger partial charge in [-0.05, 0) is 79.9 Å². The van der Waals surface area contributed by atoms with E-state index in [1.165, 1.54) is 0 Å².